The van der Waals surface area contributed by atoms with Crippen LogP contribution in [0.3, 0.4) is 0 Å². The molecular weight excluding hydrogens is 1320 g/mol. The topological polar surface area (TPSA) is 302 Å². The molecule has 0 bridgehead atoms. The van der Waals surface area contributed by atoms with Gasteiger partial charge in [0.1, 0.15) is 34.2 Å². The third-order valence-electron chi connectivity index (χ3n) is 13.3. The number of carbonyl (C=O) groups excluding carboxylic acids is 6. The van der Waals surface area contributed by atoms with E-state index in [0.717, 1.165) is 6.07 Å². The highest BCUT2D eigenvalue weighted by Crippen LogP contribution is 2.41. The van der Waals surface area contributed by atoms with Crippen LogP contribution in [-0.4, -0.2) is 86.1 Å². The van der Waals surface area contributed by atoms with Gasteiger partial charge in [-0.05, 0) is 78.9 Å². The fourth-order valence-electron chi connectivity index (χ4n) is 8.52. The predicted molar refractivity (Wildman–Crippen MR) is 356 cm³/mol. The number of hydrogen-bond acceptors (Lipinski definition) is 18. The quantitative estimate of drug-likeness (QED) is 0.0206. The first-order valence-electron chi connectivity index (χ1n) is 28.9. The molecule has 0 spiro atoms. The molecule has 0 radical (unpaired) electrons. The van der Waals surface area contributed by atoms with Crippen LogP contribution in [0.1, 0.15) is 126 Å². The van der Waals surface area contributed by atoms with E-state index < -0.39 is 52.9 Å². The molecule has 0 aliphatic heterocycles. The van der Waals surface area contributed by atoms with Crippen molar-refractivity contribution in [3.05, 3.63) is 220 Å². The lowest BCUT2D eigenvalue weighted by Crippen LogP contribution is -2.19. The molecule has 21 nitrogen and oxygen atoms in total. The Morgan fingerprint density at radius 2 is 0.684 bits per heavy atom. The van der Waals surface area contributed by atoms with Crippen molar-refractivity contribution in [1.29, 1.82) is 0 Å². The molecule has 3 amide bonds. The lowest BCUT2D eigenvalue weighted by Gasteiger charge is -2.17. The number of nitrogens with zero attached hydrogens (tertiary/aromatic N) is 6. The normalized spacial score (nSPS) is 10.8. The number of alkyl halides is 9. The van der Waals surface area contributed by atoms with E-state index in [1.807, 2.05) is 6.92 Å². The molecule has 6 aromatic heterocycles. The Morgan fingerprint density at radius 1 is 0.388 bits per heavy atom. The second kappa shape index (κ2) is 35.3. The summed E-state index contributed by atoms with van der Waals surface area (Å²) < 4.78 is 121. The van der Waals surface area contributed by atoms with Crippen molar-refractivity contribution in [2.45, 2.75) is 66.0 Å². The highest BCUT2D eigenvalue weighted by atomic mass is 35.5. The molecule has 3 aromatic carbocycles. The standard InChI is InChI=1S/2C22H20F3N5O2.C14H11ClF3N3O.C8H10N2O.CH4/c2*1-3-18(31)13-8-9-27-19(10-13)30-20-11-17(15(12-28-20)22(23,24)25)29-16-7-5-4-6-14(16)21(32)26-2;1-19-13(22)8-4-2-3-5-10(8)21-11-6-12(15)20-7-9(11)14(16,17)18;1-2-7(11)6-3-4-10-8(9)5-6;/h2*4-12H,3H2,1-2H3,(H,26,32)(H2,27,28,29,30);2-7H,1H3,(H,19,22)(H,20,21);3-5H,2H2,1H3,(H2,9,10);1H4. The predicted octanol–water partition coefficient (Wildman–Crippen LogP) is 15.6. The van der Waals surface area contributed by atoms with Crippen molar-refractivity contribution in [1.82, 2.24) is 45.9 Å². The molecule has 0 aliphatic rings. The summed E-state index contributed by atoms with van der Waals surface area (Å²) in [7, 11) is 4.29. The van der Waals surface area contributed by atoms with Gasteiger partial charge in [0, 0.05) is 106 Å². The Balaban J connectivity index is 0.000000248. The lowest BCUT2D eigenvalue weighted by atomic mass is 10.1. The summed E-state index contributed by atoms with van der Waals surface area (Å²) >= 11 is 5.67. The number of halogens is 10. The number of nitrogens with one attached hydrogen (secondary N) is 8. The zero-order chi connectivity index (χ0) is 71.2. The van der Waals surface area contributed by atoms with Gasteiger partial charge in [0.05, 0.1) is 67.5 Å². The van der Waals surface area contributed by atoms with Crippen molar-refractivity contribution in [3.63, 3.8) is 0 Å². The minimum absolute atomic E-state index is 0. The Morgan fingerprint density at radius 3 is 1.00 bits per heavy atom. The summed E-state index contributed by atoms with van der Waals surface area (Å²) in [5, 5.41) is 20.9. The maximum absolute atomic E-state index is 13.6. The molecule has 9 rings (SSSR count). The monoisotopic (exact) mass is 1380 g/mol. The van der Waals surface area contributed by atoms with E-state index in [-0.39, 0.29) is 104 Å². The van der Waals surface area contributed by atoms with Gasteiger partial charge in [-0.1, -0.05) is 76.2 Å². The van der Waals surface area contributed by atoms with E-state index in [1.54, 1.807) is 74.5 Å². The van der Waals surface area contributed by atoms with Gasteiger partial charge >= 0.3 is 18.5 Å². The van der Waals surface area contributed by atoms with Crippen molar-refractivity contribution in [2.75, 3.05) is 53.5 Å². The van der Waals surface area contributed by atoms with Crippen LogP contribution in [-0.2, 0) is 18.5 Å². The zero-order valence-electron chi connectivity index (χ0n) is 52.2. The average molecular weight is 1380 g/mol. The highest BCUT2D eigenvalue weighted by Gasteiger charge is 2.37. The van der Waals surface area contributed by atoms with Crippen LogP contribution in [0.5, 0.6) is 0 Å². The molecule has 98 heavy (non-hydrogen) atoms. The number of rotatable bonds is 19. The van der Waals surface area contributed by atoms with Crippen molar-refractivity contribution < 1.29 is 68.3 Å². The fraction of sp³-hybridized carbons (Fsp3) is 0.194. The third kappa shape index (κ3) is 21.7. The Labute approximate surface area is 561 Å². The first kappa shape index (κ1) is 77.1. The molecule has 9 aromatic rings. The van der Waals surface area contributed by atoms with Gasteiger partial charge in [0.15, 0.2) is 17.3 Å². The third-order valence-corrected chi connectivity index (χ3v) is 13.5. The zero-order valence-corrected chi connectivity index (χ0v) is 53.0. The van der Waals surface area contributed by atoms with Gasteiger partial charge in [-0.3, -0.25) is 28.8 Å². The number of nitrogen functional groups attached to an aromatic ring is 1. The number of Topliss-reactive ketones (excluding diaryl/α,β-unsaturated/α-hetero) is 3. The van der Waals surface area contributed by atoms with Crippen LogP contribution in [0.2, 0.25) is 5.15 Å². The number of anilines is 11. The highest BCUT2D eigenvalue weighted by molar-refractivity contribution is 6.29. The summed E-state index contributed by atoms with van der Waals surface area (Å²) in [6.45, 7) is 5.27. The summed E-state index contributed by atoms with van der Waals surface area (Å²) in [5.41, 5.74) is 4.24. The molecule has 31 heteroatoms. The Bertz CT molecular complexity index is 4110. The number of ketones is 3. The van der Waals surface area contributed by atoms with Gasteiger partial charge < -0.3 is 48.3 Å². The van der Waals surface area contributed by atoms with Gasteiger partial charge in [0.25, 0.3) is 17.7 Å². The van der Waals surface area contributed by atoms with Gasteiger partial charge in [-0.2, -0.15) is 39.5 Å². The smallest absolute Gasteiger partial charge is 0.384 e. The summed E-state index contributed by atoms with van der Waals surface area (Å²) in [4.78, 5) is 93.9. The minimum Gasteiger partial charge on any atom is -0.384 e. The first-order valence-corrected chi connectivity index (χ1v) is 29.3. The van der Waals surface area contributed by atoms with E-state index in [1.165, 1.54) is 100 Å². The summed E-state index contributed by atoms with van der Waals surface area (Å²) in [5.74, 6) is -0.348. The van der Waals surface area contributed by atoms with E-state index in [2.05, 4.69) is 72.4 Å². The molecule has 6 heterocycles. The molecule has 0 aliphatic carbocycles. The molecule has 0 saturated heterocycles. The van der Waals surface area contributed by atoms with Crippen LogP contribution in [0, 0.1) is 0 Å². The Kier molecular flexibility index (Phi) is 27.8. The van der Waals surface area contributed by atoms with Crippen LogP contribution in [0.25, 0.3) is 0 Å². The van der Waals surface area contributed by atoms with Gasteiger partial charge in [-0.15, -0.1) is 0 Å². The molecule has 0 fully saturated rings. The number of carbonyl (C=O) groups is 6. The molecule has 0 unspecified atom stereocenters. The number of amides is 3. The van der Waals surface area contributed by atoms with E-state index >= 15 is 0 Å². The summed E-state index contributed by atoms with van der Waals surface area (Å²) in [6, 6.07) is 31.4. The van der Waals surface area contributed by atoms with E-state index in [4.69, 9.17) is 17.3 Å². The first-order chi connectivity index (χ1) is 46.0. The number of nitrogens with two attached hydrogens (primary N) is 1. The molecule has 0 atom stereocenters. The van der Waals surface area contributed by atoms with E-state index in [9.17, 15) is 68.3 Å². The minimum atomic E-state index is -4.68. The maximum Gasteiger partial charge on any atom is 0.419 e. The van der Waals surface area contributed by atoms with Crippen LogP contribution in [0.15, 0.2) is 165 Å². The van der Waals surface area contributed by atoms with Crippen LogP contribution < -0.4 is 48.3 Å². The number of aromatic nitrogens is 6. The average Bonchev–Trinajstić information content (AvgIpc) is 0.820. The second-order valence-electron chi connectivity index (χ2n) is 19.9. The fourth-order valence-corrected chi connectivity index (χ4v) is 8.67. The number of hydrogen-bond donors (Lipinski definition) is 9. The van der Waals surface area contributed by atoms with Crippen molar-refractivity contribution in [3.8, 4) is 0 Å². The van der Waals surface area contributed by atoms with Gasteiger partial charge in [-0.25, -0.2) is 29.9 Å². The molecule has 10 N–H and O–H groups in total. The second-order valence-corrected chi connectivity index (χ2v) is 20.3. The number of pyridine rings is 6. The van der Waals surface area contributed by atoms with Crippen LogP contribution >= 0.6 is 11.6 Å². The summed E-state index contributed by atoms with van der Waals surface area (Å²) in [6.07, 6.45) is -6.42. The SMILES string of the molecule is C.CCC(=O)c1ccnc(N)c1.CCC(=O)c1ccnc(Nc2cc(Nc3ccccc3C(=O)NC)c(C(F)(F)F)cn2)c1.CCC(=O)c1ccnc(Nc2cc(Nc3ccccc3C(=O)NC)c(C(F)(F)F)cn2)c1.CNC(=O)c1ccccc1Nc1cc(Cl)ncc1C(F)(F)F. The number of para-hydroxylation sites is 3. The van der Waals surface area contributed by atoms with E-state index in [0.29, 0.717) is 60.4 Å². The van der Waals surface area contributed by atoms with Crippen LogP contribution in [0.4, 0.5) is 103 Å². The number of benzene rings is 3. The van der Waals surface area contributed by atoms with Crippen molar-refractivity contribution >= 4 is 110 Å². The Hall–Kier alpha value is -11.6. The molecule has 514 valence electrons. The molecule has 0 saturated carbocycles. The maximum atomic E-state index is 13.6. The molecular formula is C67H65ClF9N15O6. The largest absolute Gasteiger partial charge is 0.419 e. The lowest BCUT2D eigenvalue weighted by molar-refractivity contribution is -0.138. The van der Waals surface area contributed by atoms with Gasteiger partial charge in [0.2, 0.25) is 0 Å². The van der Waals surface area contributed by atoms with Crippen molar-refractivity contribution in [2.24, 2.45) is 0 Å².